The smallest absolute Gasteiger partial charge is 0.265 e. The van der Waals surface area contributed by atoms with Crippen LogP contribution in [0.2, 0.25) is 0 Å². The number of aryl methyl sites for hydroxylation is 2. The topological polar surface area (TPSA) is 66.4 Å². The average molecular weight is 447 g/mol. The summed E-state index contributed by atoms with van der Waals surface area (Å²) in [6, 6.07) is 12.0. The highest BCUT2D eigenvalue weighted by Gasteiger charge is 2.34. The molecule has 0 spiro atoms. The number of hydrogen-bond acceptors (Lipinski definition) is 5. The second kappa shape index (κ2) is 8.82. The van der Waals surface area contributed by atoms with E-state index in [4.69, 9.17) is 0 Å². The molecule has 1 unspecified atom stereocenters. The second-order valence-corrected chi connectivity index (χ2v) is 9.49. The molecule has 7 heteroatoms. The van der Waals surface area contributed by atoms with Crippen molar-refractivity contribution in [1.29, 1.82) is 0 Å². The molecular weight excluding hydrogens is 420 g/mol. The molecule has 0 saturated carbocycles. The third-order valence-corrected chi connectivity index (χ3v) is 7.53. The van der Waals surface area contributed by atoms with Gasteiger partial charge in [0.15, 0.2) is 0 Å². The molecular formula is C25H26N4O2S. The Labute approximate surface area is 191 Å². The molecule has 1 saturated heterocycles. The predicted octanol–water partition coefficient (Wildman–Crippen LogP) is 4.35. The van der Waals surface area contributed by atoms with E-state index in [1.54, 1.807) is 12.4 Å². The van der Waals surface area contributed by atoms with Crippen LogP contribution in [0.1, 0.15) is 40.2 Å². The lowest BCUT2D eigenvalue weighted by Gasteiger charge is -2.37. The molecule has 1 atom stereocenters. The van der Waals surface area contributed by atoms with Gasteiger partial charge in [0.1, 0.15) is 9.88 Å². The highest BCUT2D eigenvalue weighted by molar-refractivity contribution is 7.17. The van der Waals surface area contributed by atoms with Crippen LogP contribution in [0.5, 0.6) is 0 Å². The third kappa shape index (κ3) is 3.93. The van der Waals surface area contributed by atoms with Crippen molar-refractivity contribution in [1.82, 2.24) is 14.9 Å². The summed E-state index contributed by atoms with van der Waals surface area (Å²) in [4.78, 5) is 40.0. The summed E-state index contributed by atoms with van der Waals surface area (Å²) < 4.78 is 0. The fourth-order valence-electron chi connectivity index (χ4n) is 4.70. The van der Waals surface area contributed by atoms with Gasteiger partial charge in [0.25, 0.3) is 5.91 Å². The first kappa shape index (κ1) is 20.8. The Balaban J connectivity index is 1.33. The quantitative estimate of drug-likeness (QED) is 0.600. The van der Waals surface area contributed by atoms with E-state index in [1.807, 2.05) is 47.1 Å². The fraction of sp³-hybridized carbons (Fsp3) is 0.360. The first-order valence-corrected chi connectivity index (χ1v) is 12.0. The maximum Gasteiger partial charge on any atom is 0.265 e. The van der Waals surface area contributed by atoms with Gasteiger partial charge in [-0.05, 0) is 56.4 Å². The summed E-state index contributed by atoms with van der Waals surface area (Å²) in [6.45, 7) is 3.78. The highest BCUT2D eigenvalue weighted by atomic mass is 32.1. The standard InChI is InChI=1S/C25H26N4O2S/c1-17-22(32-23(27-17)19-8-4-12-26-15-19)25(31)28-13-5-10-20(16-28)24(30)29-14-6-9-18-7-2-3-11-21(18)29/h2-4,7-8,11-12,15,20H,5-6,9-10,13-14,16H2,1H3. The number of likely N-dealkylation sites (tertiary alicyclic amines) is 1. The monoisotopic (exact) mass is 446 g/mol. The molecule has 32 heavy (non-hydrogen) atoms. The van der Waals surface area contributed by atoms with Crippen molar-refractivity contribution in [2.75, 3.05) is 24.5 Å². The number of fused-ring (bicyclic) bond motifs is 1. The Kier molecular flexibility index (Phi) is 5.74. The molecule has 2 aromatic heterocycles. The summed E-state index contributed by atoms with van der Waals surface area (Å²) in [5, 5.41) is 0.800. The average Bonchev–Trinajstić information content (AvgIpc) is 3.25. The van der Waals surface area contributed by atoms with Crippen LogP contribution in [0.3, 0.4) is 0 Å². The van der Waals surface area contributed by atoms with Crippen LogP contribution in [0, 0.1) is 12.8 Å². The van der Waals surface area contributed by atoms with E-state index in [0.717, 1.165) is 54.2 Å². The number of anilines is 1. The summed E-state index contributed by atoms with van der Waals surface area (Å²) in [6.07, 6.45) is 7.14. The molecule has 2 aliphatic rings. The van der Waals surface area contributed by atoms with E-state index in [1.165, 1.54) is 16.9 Å². The number of carbonyl (C=O) groups excluding carboxylic acids is 2. The van der Waals surface area contributed by atoms with Crippen molar-refractivity contribution in [3.05, 3.63) is 64.9 Å². The number of hydrogen-bond donors (Lipinski definition) is 0. The molecule has 164 valence electrons. The third-order valence-electron chi connectivity index (χ3n) is 6.33. The second-order valence-electron chi connectivity index (χ2n) is 8.49. The Hall–Kier alpha value is -3.06. The Morgan fingerprint density at radius 2 is 1.97 bits per heavy atom. The lowest BCUT2D eigenvalue weighted by Crippen LogP contribution is -2.48. The molecule has 5 rings (SSSR count). The van der Waals surface area contributed by atoms with E-state index >= 15 is 0 Å². The van der Waals surface area contributed by atoms with Crippen molar-refractivity contribution >= 4 is 28.8 Å². The highest BCUT2D eigenvalue weighted by Crippen LogP contribution is 2.32. The van der Waals surface area contributed by atoms with Gasteiger partial charge in [0.05, 0.1) is 11.6 Å². The van der Waals surface area contributed by atoms with Crippen LogP contribution < -0.4 is 4.90 Å². The van der Waals surface area contributed by atoms with Gasteiger partial charge >= 0.3 is 0 Å². The van der Waals surface area contributed by atoms with Crippen LogP contribution in [-0.4, -0.2) is 46.3 Å². The van der Waals surface area contributed by atoms with Crippen LogP contribution in [0.4, 0.5) is 5.69 Å². The number of amides is 2. The zero-order valence-electron chi connectivity index (χ0n) is 18.2. The number of rotatable bonds is 3. The van der Waals surface area contributed by atoms with Crippen molar-refractivity contribution in [3.63, 3.8) is 0 Å². The number of benzene rings is 1. The molecule has 3 aromatic rings. The zero-order chi connectivity index (χ0) is 22.1. The molecule has 2 aliphatic heterocycles. The first-order valence-electron chi connectivity index (χ1n) is 11.2. The zero-order valence-corrected chi connectivity index (χ0v) is 19.0. The van der Waals surface area contributed by atoms with Crippen molar-refractivity contribution in [2.45, 2.75) is 32.6 Å². The van der Waals surface area contributed by atoms with E-state index in [0.29, 0.717) is 18.0 Å². The molecule has 6 nitrogen and oxygen atoms in total. The Morgan fingerprint density at radius 3 is 2.81 bits per heavy atom. The summed E-state index contributed by atoms with van der Waals surface area (Å²) in [5.74, 6) is -0.0386. The predicted molar refractivity (Wildman–Crippen MR) is 126 cm³/mol. The maximum atomic E-state index is 13.4. The van der Waals surface area contributed by atoms with Crippen molar-refractivity contribution < 1.29 is 9.59 Å². The lowest BCUT2D eigenvalue weighted by molar-refractivity contribution is -0.123. The molecule has 4 heterocycles. The van der Waals surface area contributed by atoms with Crippen LogP contribution >= 0.6 is 11.3 Å². The van der Waals surface area contributed by atoms with Crippen LogP contribution in [0.25, 0.3) is 10.6 Å². The lowest BCUT2D eigenvalue weighted by atomic mass is 9.94. The summed E-state index contributed by atoms with van der Waals surface area (Å²) in [5.41, 5.74) is 3.91. The van der Waals surface area contributed by atoms with Gasteiger partial charge < -0.3 is 9.80 Å². The number of piperidine rings is 1. The Morgan fingerprint density at radius 1 is 1.09 bits per heavy atom. The largest absolute Gasteiger partial charge is 0.337 e. The van der Waals surface area contributed by atoms with Gasteiger partial charge in [0.2, 0.25) is 5.91 Å². The van der Waals surface area contributed by atoms with Gasteiger partial charge in [-0.25, -0.2) is 4.98 Å². The van der Waals surface area contributed by atoms with Gasteiger partial charge in [-0.15, -0.1) is 11.3 Å². The summed E-state index contributed by atoms with van der Waals surface area (Å²) in [7, 11) is 0. The van der Waals surface area contributed by atoms with Gasteiger partial charge in [0, 0.05) is 43.3 Å². The molecule has 0 aliphatic carbocycles. The Bertz CT molecular complexity index is 1140. The van der Waals surface area contributed by atoms with E-state index in [2.05, 4.69) is 16.0 Å². The van der Waals surface area contributed by atoms with Gasteiger partial charge in [-0.3, -0.25) is 14.6 Å². The fourth-order valence-corrected chi connectivity index (χ4v) is 5.72. The van der Waals surface area contributed by atoms with Gasteiger partial charge in [-0.2, -0.15) is 0 Å². The van der Waals surface area contributed by atoms with Crippen LogP contribution in [-0.2, 0) is 11.2 Å². The van der Waals surface area contributed by atoms with Gasteiger partial charge in [-0.1, -0.05) is 18.2 Å². The number of carbonyl (C=O) groups is 2. The SMILES string of the molecule is Cc1nc(-c2cccnc2)sc1C(=O)N1CCCC(C(=O)N2CCCc3ccccc32)C1. The molecule has 1 aromatic carbocycles. The number of para-hydroxylation sites is 1. The number of pyridine rings is 1. The van der Waals surface area contributed by atoms with Crippen LogP contribution in [0.15, 0.2) is 48.8 Å². The minimum atomic E-state index is -0.162. The number of aromatic nitrogens is 2. The molecule has 1 fully saturated rings. The first-order chi connectivity index (χ1) is 15.6. The maximum absolute atomic E-state index is 13.4. The minimum absolute atomic E-state index is 0.0216. The van der Waals surface area contributed by atoms with Crippen molar-refractivity contribution in [3.8, 4) is 10.6 Å². The number of nitrogens with zero attached hydrogens (tertiary/aromatic N) is 4. The molecule has 0 bridgehead atoms. The normalized spacial score (nSPS) is 18.3. The molecule has 0 radical (unpaired) electrons. The molecule has 2 amide bonds. The van der Waals surface area contributed by atoms with E-state index in [9.17, 15) is 9.59 Å². The van der Waals surface area contributed by atoms with Crippen molar-refractivity contribution in [2.24, 2.45) is 5.92 Å². The minimum Gasteiger partial charge on any atom is -0.337 e. The van der Waals surface area contributed by atoms with E-state index in [-0.39, 0.29) is 17.7 Å². The van der Waals surface area contributed by atoms with E-state index < -0.39 is 0 Å². The number of thiazole rings is 1. The summed E-state index contributed by atoms with van der Waals surface area (Å²) >= 11 is 1.41. The molecule has 0 N–H and O–H groups in total.